The van der Waals surface area contributed by atoms with E-state index in [9.17, 15) is 9.18 Å². The zero-order chi connectivity index (χ0) is 21.6. The maximum atomic E-state index is 13.0. The number of anilines is 1. The Balaban J connectivity index is 1.28. The second-order valence-corrected chi connectivity index (χ2v) is 6.97. The molecule has 4 rings (SSSR count). The van der Waals surface area contributed by atoms with Crippen molar-refractivity contribution in [2.24, 2.45) is 0 Å². The van der Waals surface area contributed by atoms with Crippen LogP contribution in [0.3, 0.4) is 0 Å². The first-order chi connectivity index (χ1) is 15.0. The van der Waals surface area contributed by atoms with E-state index in [0.29, 0.717) is 35.4 Å². The zero-order valence-corrected chi connectivity index (χ0v) is 16.8. The number of carbonyl (C=O) groups is 1. The third-order valence-corrected chi connectivity index (χ3v) is 4.51. The smallest absolute Gasteiger partial charge is 0.224 e. The topological polar surface area (TPSA) is 77.2 Å². The molecule has 1 N–H and O–H groups in total. The fraction of sp³-hybridized carbons (Fsp3) is 0.125. The first-order valence-electron chi connectivity index (χ1n) is 9.76. The van der Waals surface area contributed by atoms with Gasteiger partial charge in [-0.1, -0.05) is 17.7 Å². The molecule has 0 radical (unpaired) electrons. The predicted molar refractivity (Wildman–Crippen MR) is 114 cm³/mol. The first-order valence-corrected chi connectivity index (χ1v) is 9.76. The van der Waals surface area contributed by atoms with Crippen molar-refractivity contribution < 1.29 is 18.3 Å². The third-order valence-electron chi connectivity index (χ3n) is 4.51. The monoisotopic (exact) mass is 417 g/mol. The molecule has 6 nitrogen and oxygen atoms in total. The van der Waals surface area contributed by atoms with Crippen LogP contribution in [0.5, 0.6) is 11.6 Å². The van der Waals surface area contributed by atoms with Gasteiger partial charge in [-0.15, -0.1) is 0 Å². The van der Waals surface area contributed by atoms with Crippen molar-refractivity contribution in [3.8, 4) is 23.0 Å². The van der Waals surface area contributed by atoms with Gasteiger partial charge in [-0.05, 0) is 49.4 Å². The summed E-state index contributed by atoms with van der Waals surface area (Å²) in [6, 6.07) is 17.0. The van der Waals surface area contributed by atoms with Crippen molar-refractivity contribution in [3.05, 3.63) is 90.3 Å². The molecule has 7 heteroatoms. The van der Waals surface area contributed by atoms with Crippen molar-refractivity contribution >= 4 is 11.6 Å². The van der Waals surface area contributed by atoms with Gasteiger partial charge in [-0.2, -0.15) is 0 Å². The van der Waals surface area contributed by atoms with E-state index in [1.165, 1.54) is 12.1 Å². The summed E-state index contributed by atoms with van der Waals surface area (Å²) in [7, 11) is 0. The van der Waals surface area contributed by atoms with Gasteiger partial charge in [-0.25, -0.2) is 14.4 Å². The largest absolute Gasteiger partial charge is 0.441 e. The van der Waals surface area contributed by atoms with Crippen LogP contribution >= 0.6 is 0 Å². The van der Waals surface area contributed by atoms with Gasteiger partial charge in [0.1, 0.15) is 11.6 Å². The molecule has 0 aliphatic carbocycles. The number of halogens is 1. The van der Waals surface area contributed by atoms with E-state index in [1.807, 2.05) is 31.2 Å². The SMILES string of the molecule is Cc1ccc(Oc2ccc(NC(=O)CCc3ncc(-c4ccc(F)cc4)o3)cn2)cc1. The maximum Gasteiger partial charge on any atom is 0.224 e. The number of benzene rings is 2. The molecule has 2 aromatic heterocycles. The Morgan fingerprint density at radius 3 is 2.48 bits per heavy atom. The molecule has 1 amide bonds. The predicted octanol–water partition coefficient (Wildman–Crippen LogP) is 5.55. The van der Waals surface area contributed by atoms with Crippen LogP contribution in [0.1, 0.15) is 17.9 Å². The van der Waals surface area contributed by atoms with Gasteiger partial charge < -0.3 is 14.5 Å². The minimum Gasteiger partial charge on any atom is -0.441 e. The molecular formula is C24H20FN3O3. The standard InChI is InChI=1S/C24H20FN3O3/c1-16-2-9-20(10-3-16)30-23-12-8-19(14-26-23)28-22(29)11-13-24-27-15-21(31-24)17-4-6-18(25)7-5-17/h2-10,12,14-15H,11,13H2,1H3,(H,28,29). The number of aromatic nitrogens is 2. The molecule has 0 saturated carbocycles. The van der Waals surface area contributed by atoms with Gasteiger partial charge in [-0.3, -0.25) is 4.79 Å². The average molecular weight is 417 g/mol. The fourth-order valence-electron chi connectivity index (χ4n) is 2.86. The maximum absolute atomic E-state index is 13.0. The van der Waals surface area contributed by atoms with Crippen molar-refractivity contribution in [2.75, 3.05) is 5.32 Å². The Morgan fingerprint density at radius 2 is 1.77 bits per heavy atom. The number of rotatable bonds is 7. The lowest BCUT2D eigenvalue weighted by molar-refractivity contribution is -0.116. The van der Waals surface area contributed by atoms with Gasteiger partial charge in [0.15, 0.2) is 11.7 Å². The number of carbonyl (C=O) groups excluding carboxylic acids is 1. The number of nitrogens with one attached hydrogen (secondary N) is 1. The molecule has 0 saturated heterocycles. The number of pyridine rings is 1. The molecule has 0 atom stereocenters. The summed E-state index contributed by atoms with van der Waals surface area (Å²) in [5.74, 6) is 1.61. The first kappa shape index (κ1) is 20.3. The number of hydrogen-bond acceptors (Lipinski definition) is 5. The van der Waals surface area contributed by atoms with Crippen LogP contribution in [-0.2, 0) is 11.2 Å². The van der Waals surface area contributed by atoms with Gasteiger partial charge >= 0.3 is 0 Å². The molecule has 156 valence electrons. The molecular weight excluding hydrogens is 397 g/mol. The molecule has 0 aliphatic rings. The van der Waals surface area contributed by atoms with E-state index in [-0.39, 0.29) is 18.1 Å². The molecule has 2 aromatic carbocycles. The van der Waals surface area contributed by atoms with E-state index in [4.69, 9.17) is 9.15 Å². The minimum absolute atomic E-state index is 0.185. The second kappa shape index (κ2) is 9.21. The van der Waals surface area contributed by atoms with E-state index < -0.39 is 0 Å². The highest BCUT2D eigenvalue weighted by Crippen LogP contribution is 2.22. The van der Waals surface area contributed by atoms with Crippen LogP contribution in [0.15, 0.2) is 77.5 Å². The van der Waals surface area contributed by atoms with Gasteiger partial charge in [0, 0.05) is 24.5 Å². The Kier molecular flexibility index (Phi) is 6.03. The molecule has 0 spiro atoms. The van der Waals surface area contributed by atoms with Crippen molar-refractivity contribution in [1.29, 1.82) is 0 Å². The number of aryl methyl sites for hydroxylation is 2. The van der Waals surface area contributed by atoms with Crippen LogP contribution < -0.4 is 10.1 Å². The van der Waals surface area contributed by atoms with Crippen LogP contribution in [0.2, 0.25) is 0 Å². The lowest BCUT2D eigenvalue weighted by Crippen LogP contribution is -2.12. The van der Waals surface area contributed by atoms with Crippen molar-refractivity contribution in [1.82, 2.24) is 9.97 Å². The Hall–Kier alpha value is -4.00. The number of oxazole rings is 1. The highest BCUT2D eigenvalue weighted by Gasteiger charge is 2.10. The Morgan fingerprint density at radius 1 is 1.00 bits per heavy atom. The average Bonchev–Trinajstić information content (AvgIpc) is 3.25. The minimum atomic E-state index is -0.315. The van der Waals surface area contributed by atoms with E-state index >= 15 is 0 Å². The lowest BCUT2D eigenvalue weighted by atomic mass is 10.2. The summed E-state index contributed by atoms with van der Waals surface area (Å²) in [6.45, 7) is 2.01. The van der Waals surface area contributed by atoms with Gasteiger partial charge in [0.25, 0.3) is 0 Å². The van der Waals surface area contributed by atoms with Gasteiger partial charge in [0.2, 0.25) is 11.8 Å². The second-order valence-electron chi connectivity index (χ2n) is 6.97. The number of amides is 1. The molecule has 0 fully saturated rings. The molecule has 4 aromatic rings. The van der Waals surface area contributed by atoms with Crippen LogP contribution in [0.4, 0.5) is 10.1 Å². The van der Waals surface area contributed by atoms with Crippen LogP contribution in [0.25, 0.3) is 11.3 Å². The lowest BCUT2D eigenvalue weighted by Gasteiger charge is -2.07. The summed E-state index contributed by atoms with van der Waals surface area (Å²) in [6.07, 6.45) is 3.65. The zero-order valence-electron chi connectivity index (χ0n) is 16.8. The number of ether oxygens (including phenoxy) is 1. The molecule has 31 heavy (non-hydrogen) atoms. The summed E-state index contributed by atoms with van der Waals surface area (Å²) < 4.78 is 24.4. The number of nitrogens with zero attached hydrogens (tertiary/aromatic N) is 2. The van der Waals surface area contributed by atoms with E-state index in [1.54, 1.807) is 36.7 Å². The van der Waals surface area contributed by atoms with Crippen LogP contribution in [0, 0.1) is 12.7 Å². The van der Waals surface area contributed by atoms with E-state index in [2.05, 4.69) is 15.3 Å². The molecule has 0 unspecified atom stereocenters. The normalized spacial score (nSPS) is 10.6. The quantitative estimate of drug-likeness (QED) is 0.427. The molecule has 2 heterocycles. The summed E-state index contributed by atoms with van der Waals surface area (Å²) in [5.41, 5.74) is 2.44. The summed E-state index contributed by atoms with van der Waals surface area (Å²) in [4.78, 5) is 20.6. The van der Waals surface area contributed by atoms with Crippen molar-refractivity contribution in [2.45, 2.75) is 19.8 Å². The summed E-state index contributed by atoms with van der Waals surface area (Å²) >= 11 is 0. The highest BCUT2D eigenvalue weighted by molar-refractivity contribution is 5.90. The number of hydrogen-bond donors (Lipinski definition) is 1. The Labute approximate surface area is 178 Å². The van der Waals surface area contributed by atoms with E-state index in [0.717, 1.165) is 11.1 Å². The van der Waals surface area contributed by atoms with Crippen molar-refractivity contribution in [3.63, 3.8) is 0 Å². The summed E-state index contributed by atoms with van der Waals surface area (Å²) in [5, 5.41) is 2.79. The molecule has 0 bridgehead atoms. The van der Waals surface area contributed by atoms with Crippen LogP contribution in [-0.4, -0.2) is 15.9 Å². The third kappa shape index (κ3) is 5.54. The highest BCUT2D eigenvalue weighted by atomic mass is 19.1. The Bertz CT molecular complexity index is 1150. The van der Waals surface area contributed by atoms with Gasteiger partial charge in [0.05, 0.1) is 18.1 Å². The molecule has 0 aliphatic heterocycles. The fourth-order valence-corrected chi connectivity index (χ4v) is 2.86.